The van der Waals surface area contributed by atoms with E-state index >= 15 is 0 Å². The zero-order valence-electron chi connectivity index (χ0n) is 11.1. The number of amides is 1. The molecule has 2 aromatic rings. The van der Waals surface area contributed by atoms with Gasteiger partial charge in [0.15, 0.2) is 0 Å². The Kier molecular flexibility index (Phi) is 4.41. The first-order valence-corrected chi connectivity index (χ1v) is 7.01. The zero-order valence-corrected chi connectivity index (χ0v) is 11.9. The molecule has 0 unspecified atom stereocenters. The Labute approximate surface area is 121 Å². The Hall–Kier alpha value is -2.28. The molecule has 0 bridgehead atoms. The predicted octanol–water partition coefficient (Wildman–Crippen LogP) is 0.518. The van der Waals surface area contributed by atoms with Crippen LogP contribution in [0.25, 0.3) is 0 Å². The van der Waals surface area contributed by atoms with Gasteiger partial charge < -0.3 is 11.1 Å². The Balaban J connectivity index is 1.92. The van der Waals surface area contributed by atoms with Gasteiger partial charge in [0.1, 0.15) is 6.07 Å². The third-order valence-corrected chi connectivity index (χ3v) is 3.38. The molecule has 1 heterocycles. The molecule has 0 atom stereocenters. The molecule has 104 valence electrons. The molecule has 7 heteroatoms. The molecule has 0 fully saturated rings. The number of aromatic amines is 2. The topological polar surface area (TPSA) is 109 Å². The van der Waals surface area contributed by atoms with E-state index in [0.717, 1.165) is 11.3 Å². The van der Waals surface area contributed by atoms with E-state index in [2.05, 4.69) is 15.3 Å². The number of hydrogen-bond acceptors (Lipinski definition) is 4. The van der Waals surface area contributed by atoms with Crippen LogP contribution in [-0.4, -0.2) is 11.7 Å². The first-order chi connectivity index (χ1) is 9.52. The largest absolute Gasteiger partial charge is 0.375 e. The van der Waals surface area contributed by atoms with Crippen LogP contribution >= 0.6 is 11.8 Å². The highest BCUT2D eigenvalue weighted by atomic mass is 32.2. The van der Waals surface area contributed by atoms with Crippen LogP contribution < -0.4 is 26.8 Å². The summed E-state index contributed by atoms with van der Waals surface area (Å²) in [6.07, 6.45) is 0. The van der Waals surface area contributed by atoms with Gasteiger partial charge in [0.05, 0.1) is 5.75 Å². The van der Waals surface area contributed by atoms with Gasteiger partial charge in [-0.1, -0.05) is 12.1 Å². The van der Waals surface area contributed by atoms with Crippen molar-refractivity contribution in [1.82, 2.24) is 0 Å². The van der Waals surface area contributed by atoms with Crippen LogP contribution in [0, 0.1) is 6.92 Å². The normalized spacial score (nSPS) is 10.2. The number of rotatable bonds is 4. The van der Waals surface area contributed by atoms with Crippen molar-refractivity contribution in [3.63, 3.8) is 0 Å². The third kappa shape index (κ3) is 4.13. The van der Waals surface area contributed by atoms with Gasteiger partial charge in [-0.25, -0.2) is 0 Å². The number of nitrogen functional groups attached to an aromatic ring is 2. The minimum Gasteiger partial charge on any atom is -0.359 e. The van der Waals surface area contributed by atoms with E-state index in [0.29, 0.717) is 16.8 Å². The number of aromatic nitrogens is 2. The van der Waals surface area contributed by atoms with Crippen molar-refractivity contribution < 1.29 is 14.8 Å². The summed E-state index contributed by atoms with van der Waals surface area (Å²) < 4.78 is 0. The van der Waals surface area contributed by atoms with Gasteiger partial charge in [-0.15, -0.1) is 0 Å². The average molecular weight is 291 g/mol. The summed E-state index contributed by atoms with van der Waals surface area (Å²) in [5.74, 6) is 1.05. The molecule has 1 amide bonds. The lowest BCUT2D eigenvalue weighted by Gasteiger charge is -2.04. The number of nitrogens with one attached hydrogen (secondary N) is 3. The van der Waals surface area contributed by atoms with Gasteiger partial charge in [-0.05, 0) is 36.4 Å². The molecule has 0 spiro atoms. The molecule has 0 saturated heterocycles. The molecule has 1 aromatic heterocycles. The number of thioether (sulfide) groups is 1. The van der Waals surface area contributed by atoms with Gasteiger partial charge in [0.25, 0.3) is 0 Å². The number of H-pyrrole nitrogens is 2. The van der Waals surface area contributed by atoms with Crippen molar-refractivity contribution in [2.75, 3.05) is 22.5 Å². The van der Waals surface area contributed by atoms with E-state index in [1.807, 2.05) is 31.2 Å². The first-order valence-electron chi connectivity index (χ1n) is 6.03. The van der Waals surface area contributed by atoms with Crippen molar-refractivity contribution >= 4 is 35.0 Å². The maximum absolute atomic E-state index is 11.8. The summed E-state index contributed by atoms with van der Waals surface area (Å²) in [7, 11) is 0. The van der Waals surface area contributed by atoms with Gasteiger partial charge in [-0.2, -0.15) is 9.97 Å². The second kappa shape index (κ2) is 6.25. The Morgan fingerprint density at radius 2 is 1.95 bits per heavy atom. The first kappa shape index (κ1) is 14.1. The molecule has 0 aliphatic rings. The lowest BCUT2D eigenvalue weighted by Crippen LogP contribution is -2.28. The van der Waals surface area contributed by atoms with Crippen LogP contribution in [0.3, 0.4) is 0 Å². The van der Waals surface area contributed by atoms with E-state index < -0.39 is 0 Å². The van der Waals surface area contributed by atoms with Crippen molar-refractivity contribution in [2.45, 2.75) is 12.1 Å². The SMILES string of the molecule is Cc1cccc(NC(=O)CSc2[nH+]c(N)cc(N)[nH+]2)c1. The summed E-state index contributed by atoms with van der Waals surface area (Å²) >= 11 is 1.30. The number of nitrogens with two attached hydrogens (primary N) is 2. The fourth-order valence-electron chi connectivity index (χ4n) is 1.66. The maximum Gasteiger partial charge on any atom is 0.375 e. The summed E-state index contributed by atoms with van der Waals surface area (Å²) in [6.45, 7) is 1.98. The van der Waals surface area contributed by atoms with Crippen LogP contribution in [0.2, 0.25) is 0 Å². The fraction of sp³-hybridized carbons (Fsp3) is 0.154. The van der Waals surface area contributed by atoms with Gasteiger partial charge in [-0.3, -0.25) is 10.5 Å². The summed E-state index contributed by atoms with van der Waals surface area (Å²) in [4.78, 5) is 17.6. The van der Waals surface area contributed by atoms with Crippen LogP contribution in [0.1, 0.15) is 5.56 Å². The average Bonchev–Trinajstić information content (AvgIpc) is 2.35. The van der Waals surface area contributed by atoms with Crippen molar-refractivity contribution in [2.24, 2.45) is 0 Å². The van der Waals surface area contributed by atoms with E-state index in [4.69, 9.17) is 11.5 Å². The molecule has 1 aromatic carbocycles. The number of anilines is 3. The van der Waals surface area contributed by atoms with Gasteiger partial charge in [0, 0.05) is 5.69 Å². The predicted molar refractivity (Wildman–Crippen MR) is 78.9 cm³/mol. The summed E-state index contributed by atoms with van der Waals surface area (Å²) in [5.41, 5.74) is 13.2. The van der Waals surface area contributed by atoms with Crippen LogP contribution in [0.4, 0.5) is 17.3 Å². The molecule has 2 rings (SSSR count). The molecule has 7 N–H and O–H groups in total. The van der Waals surface area contributed by atoms with Crippen LogP contribution in [0.5, 0.6) is 0 Å². The number of carbonyl (C=O) groups excluding carboxylic acids is 1. The quantitative estimate of drug-likeness (QED) is 0.563. The molecule has 0 saturated carbocycles. The molecule has 0 aliphatic heterocycles. The third-order valence-electron chi connectivity index (χ3n) is 2.48. The summed E-state index contributed by atoms with van der Waals surface area (Å²) in [5, 5.41) is 3.47. The van der Waals surface area contributed by atoms with Crippen LogP contribution in [0.15, 0.2) is 35.5 Å². The minimum absolute atomic E-state index is 0.0941. The van der Waals surface area contributed by atoms with E-state index in [-0.39, 0.29) is 11.7 Å². The Bertz CT molecular complexity index is 612. The maximum atomic E-state index is 11.8. The van der Waals surface area contributed by atoms with E-state index in [1.165, 1.54) is 11.8 Å². The highest BCUT2D eigenvalue weighted by Crippen LogP contribution is 2.12. The molecular formula is C13H17N5OS+2. The van der Waals surface area contributed by atoms with Crippen LogP contribution in [-0.2, 0) is 4.79 Å². The number of benzene rings is 1. The monoisotopic (exact) mass is 291 g/mol. The molecule has 0 radical (unpaired) electrons. The summed E-state index contributed by atoms with van der Waals surface area (Å²) in [6, 6.07) is 9.23. The molecule has 6 nitrogen and oxygen atoms in total. The highest BCUT2D eigenvalue weighted by molar-refractivity contribution is 7.99. The molecule has 0 aliphatic carbocycles. The zero-order chi connectivity index (χ0) is 14.5. The van der Waals surface area contributed by atoms with E-state index in [9.17, 15) is 4.79 Å². The van der Waals surface area contributed by atoms with Crippen molar-refractivity contribution in [1.29, 1.82) is 0 Å². The number of hydrogen-bond donors (Lipinski definition) is 3. The molecular weight excluding hydrogens is 274 g/mol. The fourth-order valence-corrected chi connectivity index (χ4v) is 2.39. The van der Waals surface area contributed by atoms with Crippen molar-refractivity contribution in [3.8, 4) is 0 Å². The van der Waals surface area contributed by atoms with E-state index in [1.54, 1.807) is 6.07 Å². The van der Waals surface area contributed by atoms with Gasteiger partial charge in [0.2, 0.25) is 11.7 Å². The number of carbonyl (C=O) groups is 1. The Morgan fingerprint density at radius 1 is 1.25 bits per heavy atom. The second-order valence-electron chi connectivity index (χ2n) is 4.34. The second-order valence-corrected chi connectivity index (χ2v) is 5.33. The lowest BCUT2D eigenvalue weighted by atomic mass is 10.2. The standard InChI is InChI=1S/C13H15N5OS/c1-8-3-2-4-9(5-8)16-12(19)7-20-13-17-10(14)6-11(15)18-13/h2-6H,7H2,1H3,(H,16,19)(H4,14,15,17,18)/p+2. The van der Waals surface area contributed by atoms with Crippen molar-refractivity contribution in [3.05, 3.63) is 35.9 Å². The highest BCUT2D eigenvalue weighted by Gasteiger charge is 2.13. The molecule has 20 heavy (non-hydrogen) atoms. The lowest BCUT2D eigenvalue weighted by molar-refractivity contribution is -0.590. The minimum atomic E-state index is -0.0941. The number of aryl methyl sites for hydroxylation is 1. The Morgan fingerprint density at radius 3 is 2.60 bits per heavy atom. The van der Waals surface area contributed by atoms with Gasteiger partial charge >= 0.3 is 11.0 Å². The smallest absolute Gasteiger partial charge is 0.359 e.